The molecule has 0 aliphatic carbocycles. The van der Waals surface area contributed by atoms with Crippen molar-refractivity contribution in [3.05, 3.63) is 82.9 Å². The molecule has 0 amide bonds. The summed E-state index contributed by atoms with van der Waals surface area (Å²) >= 11 is 0. The average Bonchev–Trinajstić information content (AvgIpc) is 2.81. The van der Waals surface area contributed by atoms with E-state index in [2.05, 4.69) is 48.6 Å². The van der Waals surface area contributed by atoms with Gasteiger partial charge in [0.2, 0.25) is 0 Å². The first-order chi connectivity index (χ1) is 15.6. The second kappa shape index (κ2) is 12.0. The third kappa shape index (κ3) is 6.66. The molecule has 0 bridgehead atoms. The smallest absolute Gasteiger partial charge is 0.161 e. The van der Waals surface area contributed by atoms with Gasteiger partial charge in [-0.25, -0.2) is 0 Å². The summed E-state index contributed by atoms with van der Waals surface area (Å²) in [5.74, 6) is 3.05. The predicted octanol–water partition coefficient (Wildman–Crippen LogP) is 5.32. The Morgan fingerprint density at radius 1 is 0.719 bits per heavy atom. The van der Waals surface area contributed by atoms with Crippen LogP contribution in [-0.2, 0) is 19.6 Å². The van der Waals surface area contributed by atoms with Gasteiger partial charge >= 0.3 is 0 Å². The standard InChI is InChI=1S/C27H33NO4/c1-5-31-27-17-22(10-12-25(27)32-19-23-8-6-7-20(2)15-23)18-28-14-13-21-9-11-24(29-3)26(16-21)30-4/h6-12,15-17,28H,5,13-14,18-19H2,1-4H3. The number of nitrogens with one attached hydrogen (secondary N) is 1. The quantitative estimate of drug-likeness (QED) is 0.390. The van der Waals surface area contributed by atoms with E-state index in [-0.39, 0.29) is 0 Å². The van der Waals surface area contributed by atoms with Gasteiger partial charge in [0.1, 0.15) is 6.61 Å². The highest BCUT2D eigenvalue weighted by atomic mass is 16.5. The molecule has 5 nitrogen and oxygen atoms in total. The zero-order valence-corrected chi connectivity index (χ0v) is 19.4. The number of ether oxygens (including phenoxy) is 4. The summed E-state index contributed by atoms with van der Waals surface area (Å²) in [6.07, 6.45) is 0.899. The molecule has 3 aromatic rings. The highest BCUT2D eigenvalue weighted by molar-refractivity contribution is 5.44. The summed E-state index contributed by atoms with van der Waals surface area (Å²) < 4.78 is 22.6. The molecule has 3 aromatic carbocycles. The van der Waals surface area contributed by atoms with Crippen molar-refractivity contribution in [2.75, 3.05) is 27.4 Å². The van der Waals surface area contributed by atoms with Crippen LogP contribution in [0.15, 0.2) is 60.7 Å². The van der Waals surface area contributed by atoms with Crippen molar-refractivity contribution in [1.29, 1.82) is 0 Å². The van der Waals surface area contributed by atoms with Crippen molar-refractivity contribution < 1.29 is 18.9 Å². The van der Waals surface area contributed by atoms with E-state index in [9.17, 15) is 0 Å². The largest absolute Gasteiger partial charge is 0.493 e. The molecule has 5 heteroatoms. The molecular weight excluding hydrogens is 402 g/mol. The fourth-order valence-corrected chi connectivity index (χ4v) is 3.51. The average molecular weight is 436 g/mol. The van der Waals surface area contributed by atoms with Crippen LogP contribution in [0.3, 0.4) is 0 Å². The van der Waals surface area contributed by atoms with Crippen LogP contribution >= 0.6 is 0 Å². The van der Waals surface area contributed by atoms with Gasteiger partial charge in [0.15, 0.2) is 23.0 Å². The first-order valence-electron chi connectivity index (χ1n) is 11.0. The fraction of sp³-hybridized carbons (Fsp3) is 0.333. The van der Waals surface area contributed by atoms with Gasteiger partial charge in [-0.05, 0) is 67.8 Å². The van der Waals surface area contributed by atoms with E-state index in [1.54, 1.807) is 14.2 Å². The monoisotopic (exact) mass is 435 g/mol. The summed E-state index contributed by atoms with van der Waals surface area (Å²) in [6.45, 7) is 6.79. The number of rotatable bonds is 12. The zero-order chi connectivity index (χ0) is 22.8. The van der Waals surface area contributed by atoms with Crippen molar-refractivity contribution >= 4 is 0 Å². The molecule has 0 saturated heterocycles. The van der Waals surface area contributed by atoms with Crippen molar-refractivity contribution in [3.8, 4) is 23.0 Å². The van der Waals surface area contributed by atoms with E-state index in [0.29, 0.717) is 13.2 Å². The molecular formula is C27H33NO4. The van der Waals surface area contributed by atoms with Gasteiger partial charge in [0.05, 0.1) is 20.8 Å². The second-order valence-corrected chi connectivity index (χ2v) is 7.61. The summed E-state index contributed by atoms with van der Waals surface area (Å²) in [5, 5.41) is 3.50. The number of hydrogen-bond donors (Lipinski definition) is 1. The van der Waals surface area contributed by atoms with Crippen molar-refractivity contribution in [2.45, 2.75) is 33.4 Å². The molecule has 0 aliphatic rings. The van der Waals surface area contributed by atoms with Crippen molar-refractivity contribution in [1.82, 2.24) is 5.32 Å². The predicted molar refractivity (Wildman–Crippen MR) is 128 cm³/mol. The third-order valence-electron chi connectivity index (χ3n) is 5.15. The van der Waals surface area contributed by atoms with E-state index in [0.717, 1.165) is 53.6 Å². The molecule has 32 heavy (non-hydrogen) atoms. The first kappa shape index (κ1) is 23.5. The van der Waals surface area contributed by atoms with Crippen molar-refractivity contribution in [2.24, 2.45) is 0 Å². The van der Waals surface area contributed by atoms with Crippen LogP contribution in [0.2, 0.25) is 0 Å². The van der Waals surface area contributed by atoms with Gasteiger partial charge in [0, 0.05) is 6.54 Å². The van der Waals surface area contributed by atoms with Gasteiger partial charge in [-0.1, -0.05) is 42.0 Å². The van der Waals surface area contributed by atoms with Crippen LogP contribution in [0, 0.1) is 6.92 Å². The van der Waals surface area contributed by atoms with Crippen LogP contribution in [0.25, 0.3) is 0 Å². The highest BCUT2D eigenvalue weighted by Crippen LogP contribution is 2.30. The maximum absolute atomic E-state index is 6.04. The minimum absolute atomic E-state index is 0.519. The van der Waals surface area contributed by atoms with E-state index < -0.39 is 0 Å². The normalized spacial score (nSPS) is 10.6. The molecule has 1 N–H and O–H groups in total. The van der Waals surface area contributed by atoms with Gasteiger partial charge in [0.25, 0.3) is 0 Å². The fourth-order valence-electron chi connectivity index (χ4n) is 3.51. The van der Waals surface area contributed by atoms with E-state index >= 15 is 0 Å². The molecule has 0 aromatic heterocycles. The number of methoxy groups -OCH3 is 2. The summed E-state index contributed by atoms with van der Waals surface area (Å²) in [7, 11) is 3.30. The maximum atomic E-state index is 6.04. The zero-order valence-electron chi connectivity index (χ0n) is 19.4. The first-order valence-corrected chi connectivity index (χ1v) is 11.0. The lowest BCUT2D eigenvalue weighted by Gasteiger charge is -2.14. The molecule has 0 spiro atoms. The maximum Gasteiger partial charge on any atom is 0.161 e. The Kier molecular flexibility index (Phi) is 8.81. The van der Waals surface area contributed by atoms with Gasteiger partial charge in [-0.3, -0.25) is 0 Å². The summed E-state index contributed by atoms with van der Waals surface area (Å²) in [6, 6.07) is 20.5. The molecule has 0 atom stereocenters. The molecule has 0 fully saturated rings. The minimum atomic E-state index is 0.519. The van der Waals surface area contributed by atoms with Crippen LogP contribution in [0.5, 0.6) is 23.0 Å². The highest BCUT2D eigenvalue weighted by Gasteiger charge is 2.08. The molecule has 170 valence electrons. The lowest BCUT2D eigenvalue weighted by Crippen LogP contribution is -2.16. The van der Waals surface area contributed by atoms with Crippen LogP contribution in [-0.4, -0.2) is 27.4 Å². The third-order valence-corrected chi connectivity index (χ3v) is 5.15. The van der Waals surface area contributed by atoms with Gasteiger partial charge in [-0.15, -0.1) is 0 Å². The molecule has 3 rings (SSSR count). The number of benzene rings is 3. The van der Waals surface area contributed by atoms with E-state index in [4.69, 9.17) is 18.9 Å². The molecule has 0 unspecified atom stereocenters. The Bertz CT molecular complexity index is 1000. The van der Waals surface area contributed by atoms with E-state index in [1.807, 2.05) is 31.2 Å². The summed E-state index contributed by atoms with van der Waals surface area (Å²) in [4.78, 5) is 0. The Labute approximate surface area is 191 Å². The van der Waals surface area contributed by atoms with Gasteiger partial charge < -0.3 is 24.3 Å². The molecule has 0 heterocycles. The van der Waals surface area contributed by atoms with Crippen LogP contribution in [0.4, 0.5) is 0 Å². The second-order valence-electron chi connectivity index (χ2n) is 7.61. The molecule has 0 radical (unpaired) electrons. The number of aryl methyl sites for hydroxylation is 1. The van der Waals surface area contributed by atoms with Crippen molar-refractivity contribution in [3.63, 3.8) is 0 Å². The minimum Gasteiger partial charge on any atom is -0.493 e. The SMILES string of the molecule is CCOc1cc(CNCCc2ccc(OC)c(OC)c2)ccc1OCc1cccc(C)c1. The topological polar surface area (TPSA) is 49.0 Å². The lowest BCUT2D eigenvalue weighted by atomic mass is 10.1. The molecule has 0 aliphatic heterocycles. The van der Waals surface area contributed by atoms with Gasteiger partial charge in [-0.2, -0.15) is 0 Å². The summed E-state index contributed by atoms with van der Waals surface area (Å²) in [5.41, 5.74) is 4.73. The Morgan fingerprint density at radius 2 is 1.47 bits per heavy atom. The molecule has 0 saturated carbocycles. The number of hydrogen-bond acceptors (Lipinski definition) is 5. The Hall–Kier alpha value is -3.18. The van der Waals surface area contributed by atoms with Crippen LogP contribution in [0.1, 0.15) is 29.2 Å². The Morgan fingerprint density at radius 3 is 2.22 bits per heavy atom. The lowest BCUT2D eigenvalue weighted by molar-refractivity contribution is 0.269. The van der Waals surface area contributed by atoms with E-state index in [1.165, 1.54) is 11.1 Å². The van der Waals surface area contributed by atoms with Crippen LogP contribution < -0.4 is 24.3 Å². The Balaban J connectivity index is 1.54.